The molecule has 41 heavy (non-hydrogen) atoms. The fourth-order valence-electron chi connectivity index (χ4n) is 5.60. The van der Waals surface area contributed by atoms with Crippen LogP contribution in [0.1, 0.15) is 24.0 Å². The molecule has 0 fully saturated rings. The van der Waals surface area contributed by atoms with E-state index in [1.807, 2.05) is 0 Å². The molecule has 1 aliphatic carbocycles. The second-order valence-electron chi connectivity index (χ2n) is 10.3. The standard InChI is InChI=1S/C39H33P2/c1-30-17-15-19-32(29-40(33-20-7-3-8-21-33)34-22-9-4-10-23-34)38(30)39-31(2)18-16-28-37(39)41(35-24-11-5-12-25-35)36-26-13-6-14-27-36/h3-28,38H,1-2H3/q+1. The van der Waals surface area contributed by atoms with E-state index in [1.54, 1.807) is 0 Å². The predicted octanol–water partition coefficient (Wildman–Crippen LogP) is 7.81. The lowest BCUT2D eigenvalue weighted by Crippen LogP contribution is -2.26. The van der Waals surface area contributed by atoms with E-state index in [9.17, 15) is 0 Å². The summed E-state index contributed by atoms with van der Waals surface area (Å²) in [6.45, 7) is 4.56. The third-order valence-corrected chi connectivity index (χ3v) is 12.1. The van der Waals surface area contributed by atoms with Crippen LogP contribution in [0.3, 0.4) is 0 Å². The fraction of sp³-hybridized carbons (Fsp3) is 0.0769. The van der Waals surface area contributed by atoms with Crippen molar-refractivity contribution in [3.63, 3.8) is 0 Å². The van der Waals surface area contributed by atoms with Crippen LogP contribution >= 0.6 is 15.5 Å². The molecule has 0 spiro atoms. The summed E-state index contributed by atoms with van der Waals surface area (Å²) in [5.74, 6) is 0.144. The summed E-state index contributed by atoms with van der Waals surface area (Å²) in [6.07, 6.45) is 6.78. The van der Waals surface area contributed by atoms with Crippen molar-refractivity contribution in [2.45, 2.75) is 19.8 Å². The Bertz CT molecular complexity index is 1680. The molecule has 1 aliphatic rings. The van der Waals surface area contributed by atoms with Gasteiger partial charge < -0.3 is 0 Å². The van der Waals surface area contributed by atoms with Crippen LogP contribution in [0.15, 0.2) is 169 Å². The minimum atomic E-state index is -0.792. The minimum absolute atomic E-state index is 0.144. The first-order valence-corrected chi connectivity index (χ1v) is 16.8. The number of hydrogen-bond donors (Lipinski definition) is 0. The smallest absolute Gasteiger partial charge is 0.0623 e. The van der Waals surface area contributed by atoms with Crippen LogP contribution in [-0.4, -0.2) is 5.45 Å². The zero-order valence-electron chi connectivity index (χ0n) is 23.5. The molecule has 0 aromatic heterocycles. The molecule has 0 bridgehead atoms. The number of allylic oxidation sites excluding steroid dienone is 5. The largest absolute Gasteiger partial charge is 0.220 e. The highest BCUT2D eigenvalue weighted by Crippen LogP contribution is 2.42. The summed E-state index contributed by atoms with van der Waals surface area (Å²) in [7, 11) is -1.53. The van der Waals surface area contributed by atoms with E-state index in [2.05, 4.69) is 177 Å². The third-order valence-electron chi connectivity index (χ3n) is 7.53. The second kappa shape index (κ2) is 12.6. The van der Waals surface area contributed by atoms with Gasteiger partial charge in [-0.25, -0.2) is 0 Å². The highest BCUT2D eigenvalue weighted by Gasteiger charge is 2.30. The molecule has 0 N–H and O–H groups in total. The highest BCUT2D eigenvalue weighted by molar-refractivity contribution is 7.80. The number of aryl methyl sites for hydroxylation is 1. The molecule has 0 saturated heterocycles. The summed E-state index contributed by atoms with van der Waals surface area (Å²) in [5, 5.41) is 6.81. The van der Waals surface area contributed by atoms with Gasteiger partial charge in [-0.3, -0.25) is 0 Å². The molecular formula is C39H33P2+. The quantitative estimate of drug-likeness (QED) is 0.185. The molecule has 5 aromatic carbocycles. The van der Waals surface area contributed by atoms with Crippen molar-refractivity contribution < 1.29 is 0 Å². The first-order chi connectivity index (χ1) is 20.2. The predicted molar refractivity (Wildman–Crippen MR) is 183 cm³/mol. The summed E-state index contributed by atoms with van der Waals surface area (Å²) in [4.78, 5) is 0. The summed E-state index contributed by atoms with van der Waals surface area (Å²) < 4.78 is 0. The van der Waals surface area contributed by atoms with Crippen molar-refractivity contribution in [2.24, 2.45) is 0 Å². The Labute approximate surface area is 246 Å². The van der Waals surface area contributed by atoms with Gasteiger partial charge in [0.15, 0.2) is 10.6 Å². The van der Waals surface area contributed by atoms with Crippen LogP contribution < -0.4 is 26.5 Å². The van der Waals surface area contributed by atoms with E-state index in [4.69, 9.17) is 0 Å². The van der Waals surface area contributed by atoms with Gasteiger partial charge in [0.25, 0.3) is 0 Å². The third kappa shape index (κ3) is 5.88. The van der Waals surface area contributed by atoms with E-state index in [-0.39, 0.29) is 5.92 Å². The zero-order valence-corrected chi connectivity index (χ0v) is 25.3. The maximum Gasteiger partial charge on any atom is 0.220 e. The molecule has 0 radical (unpaired) electrons. The highest BCUT2D eigenvalue weighted by atomic mass is 31.1. The van der Waals surface area contributed by atoms with E-state index >= 15 is 0 Å². The van der Waals surface area contributed by atoms with Gasteiger partial charge in [0.2, 0.25) is 7.55 Å². The Hall–Kier alpha value is -4.04. The monoisotopic (exact) mass is 563 g/mol. The maximum atomic E-state index is 4.10. The van der Waals surface area contributed by atoms with Crippen LogP contribution in [0, 0.1) is 6.92 Å². The fourth-order valence-corrected chi connectivity index (χ4v) is 10.1. The van der Waals surface area contributed by atoms with Crippen LogP contribution in [0.4, 0.5) is 0 Å². The first kappa shape index (κ1) is 27.1. The Morgan fingerprint density at radius 2 is 1.10 bits per heavy atom. The zero-order chi connectivity index (χ0) is 28.0. The molecule has 0 saturated carbocycles. The number of hydrogen-bond acceptors (Lipinski definition) is 0. The molecule has 0 amide bonds. The Morgan fingerprint density at radius 1 is 0.585 bits per heavy atom. The van der Waals surface area contributed by atoms with Gasteiger partial charge in [-0.2, -0.15) is 0 Å². The van der Waals surface area contributed by atoms with Gasteiger partial charge in [0.1, 0.15) is 5.45 Å². The molecular weight excluding hydrogens is 530 g/mol. The molecule has 2 heteroatoms. The average Bonchev–Trinajstić information content (AvgIpc) is 3.03. The molecule has 0 aliphatic heterocycles. The topological polar surface area (TPSA) is 0 Å². The normalized spacial score (nSPS) is 14.5. The Morgan fingerprint density at radius 3 is 1.63 bits per heavy atom. The lowest BCUT2D eigenvalue weighted by Gasteiger charge is -2.29. The van der Waals surface area contributed by atoms with Crippen molar-refractivity contribution >= 4 is 47.4 Å². The molecule has 198 valence electrons. The van der Waals surface area contributed by atoms with Crippen LogP contribution in [0.25, 0.3) is 0 Å². The van der Waals surface area contributed by atoms with Crippen molar-refractivity contribution in [3.8, 4) is 0 Å². The summed E-state index contributed by atoms with van der Waals surface area (Å²) in [5.41, 5.74) is 9.47. The van der Waals surface area contributed by atoms with E-state index in [1.165, 1.54) is 48.8 Å². The Kier molecular flexibility index (Phi) is 8.37. The molecule has 0 heterocycles. The van der Waals surface area contributed by atoms with Crippen molar-refractivity contribution in [1.29, 1.82) is 0 Å². The molecule has 5 aromatic rings. The average molecular weight is 564 g/mol. The van der Waals surface area contributed by atoms with E-state index < -0.39 is 15.5 Å². The Balaban J connectivity index is 1.62. The van der Waals surface area contributed by atoms with E-state index in [0.29, 0.717) is 0 Å². The van der Waals surface area contributed by atoms with Gasteiger partial charge in [-0.15, -0.1) is 0 Å². The van der Waals surface area contributed by atoms with Gasteiger partial charge >= 0.3 is 0 Å². The maximum absolute atomic E-state index is 4.10. The lowest BCUT2D eigenvalue weighted by molar-refractivity contribution is 0.943. The number of rotatable bonds is 6. The summed E-state index contributed by atoms with van der Waals surface area (Å²) >= 11 is 0. The van der Waals surface area contributed by atoms with Gasteiger partial charge in [0.05, 0.1) is 5.57 Å². The van der Waals surface area contributed by atoms with Gasteiger partial charge in [-0.1, -0.05) is 133 Å². The molecule has 1 atom stereocenters. The van der Waals surface area contributed by atoms with Gasteiger partial charge in [0, 0.05) is 5.92 Å². The van der Waals surface area contributed by atoms with Crippen LogP contribution in [0.5, 0.6) is 0 Å². The van der Waals surface area contributed by atoms with Crippen molar-refractivity contribution in [3.05, 3.63) is 180 Å². The lowest BCUT2D eigenvalue weighted by atomic mass is 9.81. The molecule has 0 nitrogen and oxygen atoms in total. The summed E-state index contributed by atoms with van der Waals surface area (Å²) in [6, 6.07) is 50.7. The molecule has 1 unspecified atom stereocenters. The van der Waals surface area contributed by atoms with Crippen molar-refractivity contribution in [2.75, 3.05) is 0 Å². The van der Waals surface area contributed by atoms with Crippen LogP contribution in [-0.2, 0) is 0 Å². The van der Waals surface area contributed by atoms with Crippen LogP contribution in [0.2, 0.25) is 0 Å². The molecule has 6 rings (SSSR count). The second-order valence-corrected chi connectivity index (χ2v) is 14.4. The van der Waals surface area contributed by atoms with Gasteiger partial charge in [-0.05, 0) is 79.2 Å². The number of benzene rings is 5. The SMILES string of the molecule is CC1=CC=CC(=C=[P+](c2ccccc2)c2ccccc2)C1c1c(C)cccc1P(c1ccccc1)c1ccccc1. The van der Waals surface area contributed by atoms with E-state index in [0.717, 1.165) is 0 Å². The first-order valence-electron chi connectivity index (χ1n) is 14.1. The van der Waals surface area contributed by atoms with Crippen molar-refractivity contribution in [1.82, 2.24) is 0 Å². The minimum Gasteiger partial charge on any atom is -0.0623 e.